The zero-order valence-corrected chi connectivity index (χ0v) is 14.3. The van der Waals surface area contributed by atoms with Crippen molar-refractivity contribution in [3.8, 4) is 5.75 Å². The van der Waals surface area contributed by atoms with E-state index in [1.54, 1.807) is 6.07 Å². The summed E-state index contributed by atoms with van der Waals surface area (Å²) >= 11 is 0. The molecule has 0 amide bonds. The summed E-state index contributed by atoms with van der Waals surface area (Å²) in [6, 6.07) is 9.45. The van der Waals surface area contributed by atoms with E-state index in [-0.39, 0.29) is 23.5 Å². The van der Waals surface area contributed by atoms with E-state index in [9.17, 15) is 9.90 Å². The summed E-state index contributed by atoms with van der Waals surface area (Å²) < 4.78 is 10.6. The number of hydrogen-bond donors (Lipinski definition) is 1. The third-order valence-electron chi connectivity index (χ3n) is 4.41. The smallest absolute Gasteiger partial charge is 0.341 e. The number of fused-ring (bicyclic) bond motifs is 1. The number of phenolic OH excluding ortho intramolecular Hbond substituents is 1. The van der Waals surface area contributed by atoms with Gasteiger partial charge in [-0.05, 0) is 30.7 Å². The van der Waals surface area contributed by atoms with Crippen LogP contribution in [0.4, 0.5) is 0 Å². The van der Waals surface area contributed by atoms with Crippen molar-refractivity contribution in [1.82, 2.24) is 4.90 Å². The molecule has 1 saturated heterocycles. The lowest BCUT2D eigenvalue weighted by molar-refractivity contribution is -0.0705. The Bertz CT molecular complexity index is 748. The van der Waals surface area contributed by atoms with Gasteiger partial charge >= 0.3 is 5.97 Å². The monoisotopic (exact) mass is 329 g/mol. The van der Waals surface area contributed by atoms with Gasteiger partial charge in [0, 0.05) is 25.2 Å². The Hall–Kier alpha value is -2.11. The average molecular weight is 329 g/mol. The maximum Gasteiger partial charge on any atom is 0.341 e. The van der Waals surface area contributed by atoms with Crippen molar-refractivity contribution in [1.29, 1.82) is 0 Å². The summed E-state index contributed by atoms with van der Waals surface area (Å²) in [5, 5.41) is 12.6. The van der Waals surface area contributed by atoms with E-state index >= 15 is 0 Å². The van der Waals surface area contributed by atoms with Gasteiger partial charge in [0.2, 0.25) is 0 Å². The molecule has 0 aromatic heterocycles. The Morgan fingerprint density at radius 2 is 1.96 bits per heavy atom. The van der Waals surface area contributed by atoms with Gasteiger partial charge in [-0.2, -0.15) is 0 Å². The molecule has 0 spiro atoms. The first kappa shape index (κ1) is 16.7. The predicted octanol–water partition coefficient (Wildman–Crippen LogP) is 2.94. The van der Waals surface area contributed by atoms with E-state index in [4.69, 9.17) is 9.47 Å². The van der Waals surface area contributed by atoms with Crippen LogP contribution >= 0.6 is 0 Å². The topological polar surface area (TPSA) is 59.0 Å². The molecule has 0 radical (unpaired) electrons. The molecule has 128 valence electrons. The molecule has 2 aromatic carbocycles. The fourth-order valence-electron chi connectivity index (χ4n) is 3.47. The van der Waals surface area contributed by atoms with Crippen molar-refractivity contribution in [2.24, 2.45) is 0 Å². The summed E-state index contributed by atoms with van der Waals surface area (Å²) in [7, 11) is 1.32. The number of morpholine rings is 1. The second kappa shape index (κ2) is 6.79. The predicted molar refractivity (Wildman–Crippen MR) is 92.2 cm³/mol. The lowest BCUT2D eigenvalue weighted by Gasteiger charge is -2.35. The molecule has 2 aromatic rings. The molecule has 0 unspecified atom stereocenters. The molecule has 0 bridgehead atoms. The summed E-state index contributed by atoms with van der Waals surface area (Å²) in [5.74, 6) is -0.518. The first-order chi connectivity index (χ1) is 11.5. The van der Waals surface area contributed by atoms with E-state index in [2.05, 4.69) is 4.90 Å². The molecule has 1 fully saturated rings. The molecule has 0 saturated carbocycles. The van der Waals surface area contributed by atoms with Crippen LogP contribution in [0.1, 0.15) is 29.8 Å². The van der Waals surface area contributed by atoms with Crippen molar-refractivity contribution in [3.05, 3.63) is 41.5 Å². The molecular weight excluding hydrogens is 306 g/mol. The second-order valence-electron chi connectivity index (χ2n) is 6.42. The number of hydrogen-bond acceptors (Lipinski definition) is 5. The van der Waals surface area contributed by atoms with Crippen LogP contribution in [0.5, 0.6) is 5.75 Å². The van der Waals surface area contributed by atoms with Gasteiger partial charge in [-0.25, -0.2) is 4.79 Å². The van der Waals surface area contributed by atoms with Gasteiger partial charge in [0.25, 0.3) is 0 Å². The van der Waals surface area contributed by atoms with E-state index < -0.39 is 5.97 Å². The Morgan fingerprint density at radius 1 is 1.29 bits per heavy atom. The molecule has 24 heavy (non-hydrogen) atoms. The Kier molecular flexibility index (Phi) is 4.73. The molecular formula is C19H23NO4. The molecule has 3 rings (SSSR count). The van der Waals surface area contributed by atoms with Crippen molar-refractivity contribution < 1.29 is 19.4 Å². The van der Waals surface area contributed by atoms with Crippen LogP contribution in [0.3, 0.4) is 0 Å². The van der Waals surface area contributed by atoms with Gasteiger partial charge in [-0.3, -0.25) is 4.90 Å². The van der Waals surface area contributed by atoms with Gasteiger partial charge in [0.15, 0.2) is 0 Å². The maximum atomic E-state index is 12.0. The highest BCUT2D eigenvalue weighted by Gasteiger charge is 2.25. The number of esters is 1. The number of phenols is 1. The van der Waals surface area contributed by atoms with Crippen molar-refractivity contribution in [2.45, 2.75) is 32.6 Å². The van der Waals surface area contributed by atoms with Crippen LogP contribution < -0.4 is 0 Å². The average Bonchev–Trinajstić information content (AvgIpc) is 2.55. The molecule has 2 atom stereocenters. The lowest BCUT2D eigenvalue weighted by Crippen LogP contribution is -2.44. The first-order valence-electron chi connectivity index (χ1n) is 8.19. The first-order valence-corrected chi connectivity index (χ1v) is 8.19. The minimum absolute atomic E-state index is 0.00680. The van der Waals surface area contributed by atoms with E-state index in [1.807, 2.05) is 38.1 Å². The highest BCUT2D eigenvalue weighted by molar-refractivity contribution is 6.00. The van der Waals surface area contributed by atoms with Crippen LogP contribution in [0.15, 0.2) is 30.3 Å². The number of benzene rings is 2. The largest absolute Gasteiger partial charge is 0.507 e. The molecule has 1 aliphatic rings. The Morgan fingerprint density at radius 3 is 2.62 bits per heavy atom. The normalized spacial score (nSPS) is 21.8. The van der Waals surface area contributed by atoms with Gasteiger partial charge in [-0.1, -0.05) is 24.3 Å². The number of carbonyl (C=O) groups is 1. The molecule has 5 heteroatoms. The third-order valence-corrected chi connectivity index (χ3v) is 4.41. The fourth-order valence-corrected chi connectivity index (χ4v) is 3.47. The standard InChI is InChI=1S/C19H23NO4/c1-12-9-20(10-13(2)24-12)11-17-15-7-5-4-6-14(15)8-16(18(17)21)19(22)23-3/h4-8,12-13,21H,9-11H2,1-3H3/t12-,13+. The van der Waals surface area contributed by atoms with Crippen molar-refractivity contribution in [2.75, 3.05) is 20.2 Å². The van der Waals surface area contributed by atoms with Gasteiger partial charge < -0.3 is 14.6 Å². The van der Waals surface area contributed by atoms with Crippen molar-refractivity contribution in [3.63, 3.8) is 0 Å². The van der Waals surface area contributed by atoms with Gasteiger partial charge in [-0.15, -0.1) is 0 Å². The van der Waals surface area contributed by atoms with Crippen molar-refractivity contribution >= 4 is 16.7 Å². The molecule has 1 N–H and O–H groups in total. The second-order valence-corrected chi connectivity index (χ2v) is 6.42. The molecule has 5 nitrogen and oxygen atoms in total. The zero-order valence-electron chi connectivity index (χ0n) is 14.3. The summed E-state index contributed by atoms with van der Waals surface area (Å²) in [4.78, 5) is 14.3. The molecule has 1 aliphatic heterocycles. The van der Waals surface area contributed by atoms with Gasteiger partial charge in [0.1, 0.15) is 11.3 Å². The summed E-state index contributed by atoms with van der Waals surface area (Å²) in [6.07, 6.45) is 0.289. The number of carbonyl (C=O) groups excluding carboxylic acids is 1. The maximum absolute atomic E-state index is 12.0. The summed E-state index contributed by atoms with van der Waals surface area (Å²) in [5.41, 5.74) is 0.968. The quantitative estimate of drug-likeness (QED) is 0.878. The number of nitrogens with zero attached hydrogens (tertiary/aromatic N) is 1. The molecule has 1 heterocycles. The number of ether oxygens (including phenoxy) is 2. The van der Waals surface area contributed by atoms with Gasteiger partial charge in [0.05, 0.1) is 19.3 Å². The van der Waals surface area contributed by atoms with E-state index in [1.165, 1.54) is 7.11 Å². The minimum atomic E-state index is -0.525. The SMILES string of the molecule is COC(=O)c1cc2ccccc2c(CN2C[C@@H](C)O[C@@H](C)C2)c1O. The highest BCUT2D eigenvalue weighted by Crippen LogP contribution is 2.33. The minimum Gasteiger partial charge on any atom is -0.507 e. The van der Waals surface area contributed by atoms with E-state index in [0.29, 0.717) is 6.54 Å². The number of methoxy groups -OCH3 is 1. The fraction of sp³-hybridized carbons (Fsp3) is 0.421. The number of aromatic hydroxyl groups is 1. The summed E-state index contributed by atoms with van der Waals surface area (Å²) in [6.45, 7) is 6.24. The highest BCUT2D eigenvalue weighted by atomic mass is 16.5. The van der Waals surface area contributed by atoms with E-state index in [0.717, 1.165) is 29.4 Å². The Labute approximate surface area is 141 Å². The number of rotatable bonds is 3. The van der Waals surface area contributed by atoms with Crippen LogP contribution in [-0.2, 0) is 16.0 Å². The molecule has 0 aliphatic carbocycles. The van der Waals surface area contributed by atoms with Crippen LogP contribution in [0, 0.1) is 0 Å². The van der Waals surface area contributed by atoms with Crippen LogP contribution in [0.25, 0.3) is 10.8 Å². The zero-order chi connectivity index (χ0) is 17.3. The van der Waals surface area contributed by atoms with Crippen LogP contribution in [-0.4, -0.2) is 48.4 Å². The lowest BCUT2D eigenvalue weighted by atomic mass is 9.98. The van der Waals surface area contributed by atoms with Crippen LogP contribution in [0.2, 0.25) is 0 Å². The third kappa shape index (κ3) is 3.23. The Balaban J connectivity index is 2.05.